The Kier molecular flexibility index (Phi) is 10.2. The van der Waals surface area contributed by atoms with Crippen LogP contribution in [0.1, 0.15) is 62.3 Å². The van der Waals surface area contributed by atoms with Crippen LogP contribution in [-0.2, 0) is 9.59 Å². The standard InChI is InChI=1S/C9H18O.C7H14O/c1-6(2)9(7(3)4)8(5)10;1-5(2)7(8)6(3)4/h6-7,9H,1-5H3;5-6H,1-4H3. The van der Waals surface area contributed by atoms with Crippen molar-refractivity contribution in [3.63, 3.8) is 0 Å². The second-order valence-electron chi connectivity index (χ2n) is 6.34. The summed E-state index contributed by atoms with van der Waals surface area (Å²) in [7, 11) is 0. The molecule has 0 aromatic heterocycles. The van der Waals surface area contributed by atoms with Crippen LogP contribution in [0.25, 0.3) is 0 Å². The summed E-state index contributed by atoms with van der Waals surface area (Å²) in [6.45, 7) is 17.8. The molecule has 0 aliphatic heterocycles. The molecule has 0 radical (unpaired) electrons. The highest BCUT2D eigenvalue weighted by Gasteiger charge is 2.21. The minimum atomic E-state index is 0.204. The number of rotatable bonds is 5. The van der Waals surface area contributed by atoms with Gasteiger partial charge in [0.2, 0.25) is 0 Å². The van der Waals surface area contributed by atoms with Gasteiger partial charge in [0.05, 0.1) is 0 Å². The van der Waals surface area contributed by atoms with Gasteiger partial charge in [0.15, 0.2) is 0 Å². The first-order valence-electron chi connectivity index (χ1n) is 7.06. The number of hydrogen-bond donors (Lipinski definition) is 0. The lowest BCUT2D eigenvalue weighted by Gasteiger charge is -2.21. The topological polar surface area (TPSA) is 34.1 Å². The Balaban J connectivity index is 0. The lowest BCUT2D eigenvalue weighted by molar-refractivity contribution is -0.125. The zero-order valence-corrected chi connectivity index (χ0v) is 13.7. The van der Waals surface area contributed by atoms with E-state index in [1.54, 1.807) is 6.92 Å². The van der Waals surface area contributed by atoms with E-state index in [0.29, 0.717) is 23.4 Å². The van der Waals surface area contributed by atoms with Crippen LogP contribution in [0.15, 0.2) is 0 Å². The van der Waals surface area contributed by atoms with Crippen molar-refractivity contribution in [2.24, 2.45) is 29.6 Å². The SMILES string of the molecule is CC(=O)C(C(C)C)C(C)C.CC(C)C(=O)C(C)C. The second kappa shape index (κ2) is 9.29. The summed E-state index contributed by atoms with van der Waals surface area (Å²) in [5, 5.41) is 0. The molecule has 0 unspecified atom stereocenters. The van der Waals surface area contributed by atoms with Gasteiger partial charge in [-0.2, -0.15) is 0 Å². The van der Waals surface area contributed by atoms with Crippen molar-refractivity contribution < 1.29 is 9.59 Å². The van der Waals surface area contributed by atoms with Crippen molar-refractivity contribution in [1.29, 1.82) is 0 Å². The Hall–Kier alpha value is -0.660. The van der Waals surface area contributed by atoms with Crippen LogP contribution in [0.4, 0.5) is 0 Å². The Labute approximate surface area is 114 Å². The molecule has 0 rings (SSSR count). The summed E-state index contributed by atoms with van der Waals surface area (Å²) >= 11 is 0. The van der Waals surface area contributed by atoms with Gasteiger partial charge in [-0.1, -0.05) is 55.4 Å². The Bertz CT molecular complexity index is 232. The van der Waals surface area contributed by atoms with Crippen molar-refractivity contribution in [3.8, 4) is 0 Å². The minimum Gasteiger partial charge on any atom is -0.300 e. The first kappa shape index (κ1) is 19.7. The van der Waals surface area contributed by atoms with Gasteiger partial charge in [0, 0.05) is 17.8 Å². The van der Waals surface area contributed by atoms with E-state index in [-0.39, 0.29) is 17.8 Å². The Morgan fingerprint density at radius 2 is 0.944 bits per heavy atom. The molecule has 0 aliphatic carbocycles. The van der Waals surface area contributed by atoms with Gasteiger partial charge >= 0.3 is 0 Å². The highest BCUT2D eigenvalue weighted by molar-refractivity contribution is 5.82. The molecule has 0 atom stereocenters. The van der Waals surface area contributed by atoms with Gasteiger partial charge in [0.1, 0.15) is 11.6 Å². The molecule has 18 heavy (non-hydrogen) atoms. The minimum absolute atomic E-state index is 0.204. The molecule has 0 aromatic carbocycles. The number of Topliss-reactive ketones (excluding diaryl/α,β-unsaturated/α-hetero) is 2. The van der Waals surface area contributed by atoms with E-state index in [1.807, 2.05) is 27.7 Å². The van der Waals surface area contributed by atoms with Crippen LogP contribution in [0.5, 0.6) is 0 Å². The van der Waals surface area contributed by atoms with Gasteiger partial charge in [-0.15, -0.1) is 0 Å². The van der Waals surface area contributed by atoms with Crippen LogP contribution in [0, 0.1) is 29.6 Å². The Morgan fingerprint density at radius 1 is 0.667 bits per heavy atom. The summed E-state index contributed by atoms with van der Waals surface area (Å²) in [4.78, 5) is 21.9. The molecule has 0 bridgehead atoms. The molecular weight excluding hydrogens is 224 g/mol. The largest absolute Gasteiger partial charge is 0.300 e. The van der Waals surface area contributed by atoms with Crippen LogP contribution in [-0.4, -0.2) is 11.6 Å². The molecule has 0 fully saturated rings. The first-order valence-corrected chi connectivity index (χ1v) is 7.06. The van der Waals surface area contributed by atoms with Gasteiger partial charge < -0.3 is 0 Å². The normalized spacial score (nSPS) is 11.2. The summed E-state index contributed by atoms with van der Waals surface area (Å²) in [6, 6.07) is 0. The summed E-state index contributed by atoms with van der Waals surface area (Å²) in [5.41, 5.74) is 0. The lowest BCUT2D eigenvalue weighted by atomic mass is 9.83. The number of carbonyl (C=O) groups excluding carboxylic acids is 2. The van der Waals surface area contributed by atoms with Crippen LogP contribution in [0.3, 0.4) is 0 Å². The van der Waals surface area contributed by atoms with E-state index in [0.717, 1.165) is 0 Å². The van der Waals surface area contributed by atoms with Crippen molar-refractivity contribution >= 4 is 11.6 Å². The summed E-state index contributed by atoms with van der Waals surface area (Å²) in [6.07, 6.45) is 0. The van der Waals surface area contributed by atoms with E-state index in [9.17, 15) is 9.59 Å². The summed E-state index contributed by atoms with van der Waals surface area (Å²) < 4.78 is 0. The molecule has 0 heterocycles. The fourth-order valence-corrected chi connectivity index (χ4v) is 2.38. The zero-order valence-electron chi connectivity index (χ0n) is 13.7. The van der Waals surface area contributed by atoms with Gasteiger partial charge in [-0.05, 0) is 18.8 Å². The molecule has 0 N–H and O–H groups in total. The second-order valence-corrected chi connectivity index (χ2v) is 6.34. The molecule has 0 aliphatic rings. The number of carbonyl (C=O) groups is 2. The van der Waals surface area contributed by atoms with E-state index >= 15 is 0 Å². The van der Waals surface area contributed by atoms with Crippen LogP contribution >= 0.6 is 0 Å². The molecule has 108 valence electrons. The lowest BCUT2D eigenvalue weighted by Crippen LogP contribution is -2.22. The van der Waals surface area contributed by atoms with Crippen LogP contribution in [0.2, 0.25) is 0 Å². The van der Waals surface area contributed by atoms with Crippen molar-refractivity contribution in [2.75, 3.05) is 0 Å². The third-order valence-electron chi connectivity index (χ3n) is 3.04. The van der Waals surface area contributed by atoms with Crippen molar-refractivity contribution in [2.45, 2.75) is 62.3 Å². The smallest absolute Gasteiger partial charge is 0.137 e. The maximum absolute atomic E-state index is 11.0. The molecule has 0 amide bonds. The highest BCUT2D eigenvalue weighted by atomic mass is 16.1. The molecule has 0 saturated heterocycles. The predicted molar refractivity (Wildman–Crippen MR) is 78.5 cm³/mol. The Morgan fingerprint density at radius 3 is 0.944 bits per heavy atom. The van der Waals surface area contributed by atoms with Gasteiger partial charge in [-0.25, -0.2) is 0 Å². The number of hydrogen-bond acceptors (Lipinski definition) is 2. The maximum atomic E-state index is 11.0. The summed E-state index contributed by atoms with van der Waals surface area (Å²) in [5.74, 6) is 2.30. The molecule has 2 heteroatoms. The average Bonchev–Trinajstić information content (AvgIpc) is 2.14. The first-order chi connectivity index (χ1) is 8.02. The van der Waals surface area contributed by atoms with Gasteiger partial charge in [0.25, 0.3) is 0 Å². The maximum Gasteiger partial charge on any atom is 0.137 e. The van der Waals surface area contributed by atoms with Crippen LogP contribution < -0.4 is 0 Å². The molecule has 0 aromatic rings. The van der Waals surface area contributed by atoms with Crippen molar-refractivity contribution in [3.05, 3.63) is 0 Å². The molecule has 0 spiro atoms. The van der Waals surface area contributed by atoms with E-state index < -0.39 is 0 Å². The third-order valence-corrected chi connectivity index (χ3v) is 3.04. The molecule has 2 nitrogen and oxygen atoms in total. The quantitative estimate of drug-likeness (QED) is 0.732. The monoisotopic (exact) mass is 256 g/mol. The number of ketones is 2. The highest BCUT2D eigenvalue weighted by Crippen LogP contribution is 2.20. The van der Waals surface area contributed by atoms with Crippen molar-refractivity contribution in [1.82, 2.24) is 0 Å². The third kappa shape index (κ3) is 8.43. The average molecular weight is 256 g/mol. The predicted octanol–water partition coefficient (Wildman–Crippen LogP) is 4.37. The fourth-order valence-electron chi connectivity index (χ4n) is 2.38. The van der Waals surface area contributed by atoms with E-state index in [2.05, 4.69) is 27.7 Å². The zero-order chi connectivity index (χ0) is 15.0. The van der Waals surface area contributed by atoms with E-state index in [1.165, 1.54) is 0 Å². The fraction of sp³-hybridized carbons (Fsp3) is 0.875. The molecular formula is C16H32O2. The van der Waals surface area contributed by atoms with E-state index in [4.69, 9.17) is 0 Å². The van der Waals surface area contributed by atoms with Gasteiger partial charge in [-0.3, -0.25) is 9.59 Å². The molecule has 0 saturated carbocycles.